The van der Waals surface area contributed by atoms with E-state index in [4.69, 9.17) is 0 Å². The lowest BCUT2D eigenvalue weighted by molar-refractivity contribution is -0.140. The zero-order valence-corrected chi connectivity index (χ0v) is 11.8. The Kier molecular flexibility index (Phi) is 6.76. The van der Waals surface area contributed by atoms with Gasteiger partial charge in [0, 0.05) is 26.6 Å². The van der Waals surface area contributed by atoms with Crippen LogP contribution < -0.4 is 0 Å². The molecule has 1 fully saturated rings. The number of likely N-dealkylation sites (tertiary alicyclic amines) is 1. The van der Waals surface area contributed by atoms with Gasteiger partial charge in [-0.3, -0.25) is 9.59 Å². The van der Waals surface area contributed by atoms with E-state index in [2.05, 4.69) is 6.92 Å². The number of carbonyl (C=O) groups is 2. The van der Waals surface area contributed by atoms with Gasteiger partial charge in [0.15, 0.2) is 0 Å². The average Bonchev–Trinajstić information content (AvgIpc) is 2.38. The maximum absolute atomic E-state index is 12.1. The Morgan fingerprint density at radius 3 is 2.33 bits per heavy atom. The fourth-order valence-corrected chi connectivity index (χ4v) is 2.31. The summed E-state index contributed by atoms with van der Waals surface area (Å²) in [6.07, 6.45) is 6.65. The molecule has 0 aromatic rings. The summed E-state index contributed by atoms with van der Waals surface area (Å²) in [5.74, 6) is 0.123. The van der Waals surface area contributed by atoms with Crippen molar-refractivity contribution in [3.63, 3.8) is 0 Å². The number of rotatable bonds is 6. The number of nitrogens with zero attached hydrogens (tertiary/aromatic N) is 2. The molecule has 0 N–H and O–H groups in total. The van der Waals surface area contributed by atoms with Crippen molar-refractivity contribution in [2.75, 3.05) is 26.2 Å². The minimum atomic E-state index is 0.0106. The Hall–Kier alpha value is -1.06. The van der Waals surface area contributed by atoms with Gasteiger partial charge in [-0.05, 0) is 25.7 Å². The van der Waals surface area contributed by atoms with Gasteiger partial charge in [0.25, 0.3) is 0 Å². The maximum Gasteiger partial charge on any atom is 0.242 e. The minimum Gasteiger partial charge on any atom is -0.341 e. The summed E-state index contributed by atoms with van der Waals surface area (Å²) in [6, 6.07) is 0. The highest BCUT2D eigenvalue weighted by atomic mass is 16.2. The summed E-state index contributed by atoms with van der Waals surface area (Å²) in [5.41, 5.74) is 0. The third-order valence-electron chi connectivity index (χ3n) is 3.51. The van der Waals surface area contributed by atoms with E-state index in [9.17, 15) is 9.59 Å². The second kappa shape index (κ2) is 8.11. The second-order valence-corrected chi connectivity index (χ2v) is 5.09. The average molecular weight is 254 g/mol. The van der Waals surface area contributed by atoms with Gasteiger partial charge in [-0.15, -0.1) is 0 Å². The van der Waals surface area contributed by atoms with E-state index in [-0.39, 0.29) is 18.4 Å². The lowest BCUT2D eigenvalue weighted by Crippen LogP contribution is -2.44. The number of hydrogen-bond donors (Lipinski definition) is 0. The lowest BCUT2D eigenvalue weighted by Gasteiger charge is -2.29. The Morgan fingerprint density at radius 2 is 1.78 bits per heavy atom. The molecule has 1 rings (SSSR count). The fourth-order valence-electron chi connectivity index (χ4n) is 2.31. The molecule has 1 heterocycles. The highest BCUT2D eigenvalue weighted by molar-refractivity contribution is 5.83. The van der Waals surface area contributed by atoms with E-state index in [1.807, 2.05) is 4.90 Å². The van der Waals surface area contributed by atoms with Gasteiger partial charge in [0.2, 0.25) is 11.8 Å². The van der Waals surface area contributed by atoms with Crippen LogP contribution in [0.5, 0.6) is 0 Å². The molecule has 0 aromatic heterocycles. The number of piperidine rings is 1. The zero-order chi connectivity index (χ0) is 13.4. The topological polar surface area (TPSA) is 40.6 Å². The monoisotopic (exact) mass is 254 g/mol. The van der Waals surface area contributed by atoms with Crippen LogP contribution in [0.15, 0.2) is 0 Å². The number of unbranched alkanes of at least 4 members (excludes halogenated alkanes) is 2. The van der Waals surface area contributed by atoms with Crippen LogP contribution in [-0.4, -0.2) is 47.8 Å². The first-order chi connectivity index (χ1) is 8.65. The predicted octanol–water partition coefficient (Wildman–Crippen LogP) is 2.04. The maximum atomic E-state index is 12.1. The standard InChI is InChI=1S/C14H26N2O2/c1-3-4-6-11-16(13(2)17)12-14(18)15-9-7-5-8-10-15/h3-12H2,1-2H3. The molecule has 0 bridgehead atoms. The molecule has 0 aromatic carbocycles. The Balaban J connectivity index is 2.38. The van der Waals surface area contributed by atoms with Gasteiger partial charge in [0.05, 0.1) is 6.54 Å². The third kappa shape index (κ3) is 5.07. The number of hydrogen-bond acceptors (Lipinski definition) is 2. The lowest BCUT2D eigenvalue weighted by atomic mass is 10.1. The van der Waals surface area contributed by atoms with Crippen molar-refractivity contribution in [3.05, 3.63) is 0 Å². The Bertz CT molecular complexity index is 273. The molecule has 1 saturated heterocycles. The van der Waals surface area contributed by atoms with Crippen LogP contribution in [0.25, 0.3) is 0 Å². The smallest absolute Gasteiger partial charge is 0.242 e. The summed E-state index contributed by atoms with van der Waals surface area (Å²) in [5, 5.41) is 0. The molecule has 18 heavy (non-hydrogen) atoms. The van der Waals surface area contributed by atoms with Crippen molar-refractivity contribution in [2.24, 2.45) is 0 Å². The van der Waals surface area contributed by atoms with Crippen molar-refractivity contribution >= 4 is 11.8 Å². The minimum absolute atomic E-state index is 0.0106. The van der Waals surface area contributed by atoms with Crippen LogP contribution in [0, 0.1) is 0 Å². The van der Waals surface area contributed by atoms with E-state index in [1.165, 1.54) is 6.42 Å². The first-order valence-corrected chi connectivity index (χ1v) is 7.18. The second-order valence-electron chi connectivity index (χ2n) is 5.09. The van der Waals surface area contributed by atoms with E-state index >= 15 is 0 Å². The molecule has 1 aliphatic rings. The molecular formula is C14H26N2O2. The summed E-state index contributed by atoms with van der Waals surface area (Å²) in [4.78, 5) is 27.2. The zero-order valence-electron chi connectivity index (χ0n) is 11.8. The number of carbonyl (C=O) groups excluding carboxylic acids is 2. The molecule has 4 nitrogen and oxygen atoms in total. The number of amides is 2. The van der Waals surface area contributed by atoms with E-state index in [1.54, 1.807) is 11.8 Å². The van der Waals surface area contributed by atoms with Crippen LogP contribution >= 0.6 is 0 Å². The van der Waals surface area contributed by atoms with Crippen molar-refractivity contribution in [2.45, 2.75) is 52.4 Å². The molecule has 0 saturated carbocycles. The van der Waals surface area contributed by atoms with Crippen molar-refractivity contribution in [1.82, 2.24) is 9.80 Å². The third-order valence-corrected chi connectivity index (χ3v) is 3.51. The summed E-state index contributed by atoms with van der Waals surface area (Å²) < 4.78 is 0. The predicted molar refractivity (Wildman–Crippen MR) is 72.2 cm³/mol. The first-order valence-electron chi connectivity index (χ1n) is 7.18. The first kappa shape index (κ1) is 15.0. The van der Waals surface area contributed by atoms with E-state index < -0.39 is 0 Å². The van der Waals surface area contributed by atoms with Gasteiger partial charge in [-0.25, -0.2) is 0 Å². The highest BCUT2D eigenvalue weighted by Crippen LogP contribution is 2.09. The SMILES string of the molecule is CCCCCN(CC(=O)N1CCCCC1)C(C)=O. The summed E-state index contributed by atoms with van der Waals surface area (Å²) >= 11 is 0. The molecule has 104 valence electrons. The Morgan fingerprint density at radius 1 is 1.11 bits per heavy atom. The molecule has 0 aliphatic carbocycles. The molecule has 2 amide bonds. The van der Waals surface area contributed by atoms with Gasteiger partial charge in [-0.1, -0.05) is 19.8 Å². The van der Waals surface area contributed by atoms with Crippen LogP contribution in [0.4, 0.5) is 0 Å². The molecule has 4 heteroatoms. The normalized spacial score (nSPS) is 15.6. The van der Waals surface area contributed by atoms with Gasteiger partial charge in [0.1, 0.15) is 0 Å². The molecule has 1 aliphatic heterocycles. The quantitative estimate of drug-likeness (QED) is 0.681. The largest absolute Gasteiger partial charge is 0.341 e. The van der Waals surface area contributed by atoms with E-state index in [0.29, 0.717) is 6.54 Å². The van der Waals surface area contributed by atoms with Gasteiger partial charge in [-0.2, -0.15) is 0 Å². The van der Waals surface area contributed by atoms with Gasteiger partial charge >= 0.3 is 0 Å². The van der Waals surface area contributed by atoms with Crippen molar-refractivity contribution < 1.29 is 9.59 Å². The van der Waals surface area contributed by atoms with Crippen LogP contribution in [-0.2, 0) is 9.59 Å². The van der Waals surface area contributed by atoms with Crippen molar-refractivity contribution in [3.8, 4) is 0 Å². The van der Waals surface area contributed by atoms with Crippen LogP contribution in [0.1, 0.15) is 52.4 Å². The summed E-state index contributed by atoms with van der Waals surface area (Å²) in [7, 11) is 0. The summed E-state index contributed by atoms with van der Waals surface area (Å²) in [6.45, 7) is 6.38. The fraction of sp³-hybridized carbons (Fsp3) is 0.857. The molecular weight excluding hydrogens is 228 g/mol. The molecule has 0 atom stereocenters. The molecule has 0 unspecified atom stereocenters. The van der Waals surface area contributed by atoms with Crippen LogP contribution in [0.3, 0.4) is 0 Å². The van der Waals surface area contributed by atoms with Gasteiger partial charge < -0.3 is 9.80 Å². The van der Waals surface area contributed by atoms with E-state index in [0.717, 1.165) is 45.2 Å². The van der Waals surface area contributed by atoms with Crippen molar-refractivity contribution in [1.29, 1.82) is 0 Å². The van der Waals surface area contributed by atoms with Crippen LogP contribution in [0.2, 0.25) is 0 Å². The Labute approximate surface area is 110 Å². The molecule has 0 radical (unpaired) electrons. The molecule has 0 spiro atoms. The highest BCUT2D eigenvalue weighted by Gasteiger charge is 2.20.